The molecule has 2 aliphatic heterocycles. The van der Waals surface area contributed by atoms with E-state index in [-0.39, 0.29) is 36.8 Å². The van der Waals surface area contributed by atoms with Crippen molar-refractivity contribution in [2.75, 3.05) is 52.6 Å². The first kappa shape index (κ1) is 27.6. The molecule has 2 aromatic carbocycles. The van der Waals surface area contributed by atoms with Crippen molar-refractivity contribution in [1.29, 1.82) is 0 Å². The van der Waals surface area contributed by atoms with E-state index in [0.29, 0.717) is 37.7 Å². The highest BCUT2D eigenvalue weighted by atomic mass is 35.5. The number of amides is 2. The van der Waals surface area contributed by atoms with Crippen LogP contribution < -0.4 is 4.74 Å². The van der Waals surface area contributed by atoms with Gasteiger partial charge in [-0.15, -0.1) is 0 Å². The minimum absolute atomic E-state index is 0.000533. The van der Waals surface area contributed by atoms with E-state index in [1.54, 1.807) is 17.0 Å². The number of carbonyl (C=O) groups is 1. The van der Waals surface area contributed by atoms with E-state index in [0.717, 1.165) is 11.1 Å². The van der Waals surface area contributed by atoms with Crippen molar-refractivity contribution in [2.24, 2.45) is 0 Å². The third kappa shape index (κ3) is 6.90. The molecule has 0 aliphatic carbocycles. The summed E-state index contributed by atoms with van der Waals surface area (Å²) in [4.78, 5) is 19.1. The number of piperazine rings is 1. The standard InChI is InChI=1S/C25H31ClF2N4O4S/c1-29(15-18-3-9-21(10-4-18)36-24(27)28)23-17-31(16-22(23)19-5-7-20(26)8-6-19)25(33)30-11-13-32(14-12-30)37(2,34)35/h3-10,22-24H,11-17H2,1-2H3. The van der Waals surface area contributed by atoms with Gasteiger partial charge in [0.25, 0.3) is 0 Å². The number of benzene rings is 2. The van der Waals surface area contributed by atoms with E-state index in [1.807, 2.05) is 36.2 Å². The van der Waals surface area contributed by atoms with E-state index >= 15 is 0 Å². The van der Waals surface area contributed by atoms with Gasteiger partial charge >= 0.3 is 12.6 Å². The number of hydrogen-bond acceptors (Lipinski definition) is 5. The summed E-state index contributed by atoms with van der Waals surface area (Å²) in [5.74, 6) is 0.138. The smallest absolute Gasteiger partial charge is 0.387 e. The van der Waals surface area contributed by atoms with Gasteiger partial charge in [0.1, 0.15) is 5.75 Å². The zero-order valence-electron chi connectivity index (χ0n) is 20.8. The van der Waals surface area contributed by atoms with E-state index in [9.17, 15) is 22.0 Å². The van der Waals surface area contributed by atoms with E-state index in [4.69, 9.17) is 11.6 Å². The Balaban J connectivity index is 1.47. The Labute approximate surface area is 221 Å². The number of hydrogen-bond donors (Lipinski definition) is 0. The predicted octanol–water partition coefficient (Wildman–Crippen LogP) is 3.54. The van der Waals surface area contributed by atoms with Gasteiger partial charge in [0, 0.05) is 62.8 Å². The molecule has 2 fully saturated rings. The van der Waals surface area contributed by atoms with Crippen molar-refractivity contribution < 1.29 is 26.7 Å². The number of rotatable bonds is 7. The molecule has 0 aromatic heterocycles. The van der Waals surface area contributed by atoms with Crippen LogP contribution >= 0.6 is 11.6 Å². The number of ether oxygens (including phenoxy) is 1. The topological polar surface area (TPSA) is 73.4 Å². The van der Waals surface area contributed by atoms with Crippen LogP contribution in [0, 0.1) is 0 Å². The maximum absolute atomic E-state index is 13.4. The summed E-state index contributed by atoms with van der Waals surface area (Å²) in [7, 11) is -1.30. The zero-order chi connectivity index (χ0) is 26.7. The summed E-state index contributed by atoms with van der Waals surface area (Å²) >= 11 is 6.11. The molecule has 0 saturated carbocycles. The Bertz CT molecular complexity index is 1180. The van der Waals surface area contributed by atoms with Crippen molar-refractivity contribution >= 4 is 27.7 Å². The Morgan fingerprint density at radius 1 is 1.03 bits per heavy atom. The maximum Gasteiger partial charge on any atom is 0.387 e. The molecule has 0 spiro atoms. The first-order chi connectivity index (χ1) is 17.5. The molecular weight excluding hydrogens is 526 g/mol. The van der Waals surface area contributed by atoms with Crippen molar-refractivity contribution in [3.8, 4) is 5.75 Å². The Morgan fingerprint density at radius 3 is 2.22 bits per heavy atom. The second-order valence-electron chi connectivity index (χ2n) is 9.50. The van der Waals surface area contributed by atoms with Gasteiger partial charge in [-0.05, 0) is 42.4 Å². The molecule has 0 N–H and O–H groups in total. The highest BCUT2D eigenvalue weighted by molar-refractivity contribution is 7.88. The van der Waals surface area contributed by atoms with Crippen LogP contribution in [0.25, 0.3) is 0 Å². The normalized spacial score (nSPS) is 21.2. The van der Waals surface area contributed by atoms with Gasteiger partial charge in [-0.1, -0.05) is 35.9 Å². The van der Waals surface area contributed by atoms with Crippen LogP contribution in [0.5, 0.6) is 5.75 Å². The van der Waals surface area contributed by atoms with Crippen LogP contribution in [0.2, 0.25) is 5.02 Å². The van der Waals surface area contributed by atoms with Gasteiger partial charge in [-0.2, -0.15) is 13.1 Å². The van der Waals surface area contributed by atoms with E-state index in [2.05, 4.69) is 9.64 Å². The van der Waals surface area contributed by atoms with Crippen LogP contribution in [0.4, 0.5) is 13.6 Å². The maximum atomic E-state index is 13.4. The fourth-order valence-electron chi connectivity index (χ4n) is 5.02. The lowest BCUT2D eigenvalue weighted by Gasteiger charge is -2.35. The molecule has 37 heavy (non-hydrogen) atoms. The number of likely N-dealkylation sites (tertiary alicyclic amines) is 1. The third-order valence-electron chi connectivity index (χ3n) is 6.98. The molecule has 8 nitrogen and oxygen atoms in total. The Hall–Kier alpha value is -2.47. The summed E-state index contributed by atoms with van der Waals surface area (Å²) in [5.41, 5.74) is 2.00. The Kier molecular flexibility index (Phi) is 8.57. The molecule has 0 bridgehead atoms. The zero-order valence-corrected chi connectivity index (χ0v) is 22.3. The van der Waals surface area contributed by atoms with Gasteiger partial charge in [0.05, 0.1) is 6.26 Å². The number of sulfonamides is 1. The number of alkyl halides is 2. The fourth-order valence-corrected chi connectivity index (χ4v) is 5.97. The minimum Gasteiger partial charge on any atom is -0.435 e. The van der Waals surface area contributed by atoms with Crippen LogP contribution in [0.1, 0.15) is 17.0 Å². The lowest BCUT2D eigenvalue weighted by molar-refractivity contribution is -0.0498. The average molecular weight is 557 g/mol. The highest BCUT2D eigenvalue weighted by Crippen LogP contribution is 2.33. The van der Waals surface area contributed by atoms with Crippen LogP contribution in [0.3, 0.4) is 0 Å². The number of carbonyl (C=O) groups excluding carboxylic acids is 1. The fraction of sp³-hybridized carbons (Fsp3) is 0.480. The van der Waals surface area contributed by atoms with Gasteiger partial charge in [0.2, 0.25) is 10.0 Å². The lowest BCUT2D eigenvalue weighted by atomic mass is 9.93. The predicted molar refractivity (Wildman–Crippen MR) is 137 cm³/mol. The van der Waals surface area contributed by atoms with E-state index < -0.39 is 16.6 Å². The third-order valence-corrected chi connectivity index (χ3v) is 8.54. The van der Waals surface area contributed by atoms with Crippen molar-refractivity contribution in [2.45, 2.75) is 25.1 Å². The molecule has 2 amide bonds. The highest BCUT2D eigenvalue weighted by Gasteiger charge is 2.40. The van der Waals surface area contributed by atoms with Gasteiger partial charge in [0.15, 0.2) is 0 Å². The van der Waals surface area contributed by atoms with Crippen LogP contribution in [-0.4, -0.2) is 98.7 Å². The number of halogens is 3. The number of urea groups is 1. The molecule has 0 radical (unpaired) electrons. The average Bonchev–Trinajstić information content (AvgIpc) is 3.30. The quantitative estimate of drug-likeness (QED) is 0.522. The monoisotopic (exact) mass is 556 g/mol. The molecule has 202 valence electrons. The molecule has 2 unspecified atom stereocenters. The summed E-state index contributed by atoms with van der Waals surface area (Å²) in [5, 5.41) is 0.634. The van der Waals surface area contributed by atoms with E-state index in [1.165, 1.54) is 22.7 Å². The lowest BCUT2D eigenvalue weighted by Crippen LogP contribution is -2.53. The summed E-state index contributed by atoms with van der Waals surface area (Å²) in [6.45, 7) is -0.0295. The molecule has 2 aromatic rings. The second kappa shape index (κ2) is 11.5. The molecule has 2 saturated heterocycles. The summed E-state index contributed by atoms with van der Waals surface area (Å²) < 4.78 is 54.4. The minimum atomic E-state index is -3.28. The van der Waals surface area contributed by atoms with Crippen LogP contribution in [-0.2, 0) is 16.6 Å². The van der Waals surface area contributed by atoms with Crippen LogP contribution in [0.15, 0.2) is 48.5 Å². The van der Waals surface area contributed by atoms with Gasteiger partial charge in [-0.25, -0.2) is 13.2 Å². The van der Waals surface area contributed by atoms with Crippen molar-refractivity contribution in [3.63, 3.8) is 0 Å². The summed E-state index contributed by atoms with van der Waals surface area (Å²) in [6, 6.07) is 14.1. The number of nitrogens with zero attached hydrogens (tertiary/aromatic N) is 4. The van der Waals surface area contributed by atoms with Crippen molar-refractivity contribution in [3.05, 3.63) is 64.7 Å². The SMILES string of the molecule is CN(Cc1ccc(OC(F)F)cc1)C1CN(C(=O)N2CCN(S(C)(=O)=O)CC2)CC1c1ccc(Cl)cc1. The first-order valence-electron chi connectivity index (χ1n) is 12.0. The summed E-state index contributed by atoms with van der Waals surface area (Å²) in [6.07, 6.45) is 1.18. The molecule has 4 rings (SSSR count). The first-order valence-corrected chi connectivity index (χ1v) is 14.2. The molecular formula is C25H31ClF2N4O4S. The van der Waals surface area contributed by atoms with Gasteiger partial charge in [-0.3, -0.25) is 4.90 Å². The van der Waals surface area contributed by atoms with Gasteiger partial charge < -0.3 is 14.5 Å². The molecule has 2 aliphatic rings. The molecule has 2 atom stereocenters. The number of likely N-dealkylation sites (N-methyl/N-ethyl adjacent to an activating group) is 1. The largest absolute Gasteiger partial charge is 0.435 e. The molecule has 2 heterocycles. The van der Waals surface area contributed by atoms with Crippen molar-refractivity contribution in [1.82, 2.24) is 19.0 Å². The Morgan fingerprint density at radius 2 is 1.65 bits per heavy atom. The molecule has 12 heteroatoms. The second-order valence-corrected chi connectivity index (χ2v) is 11.9.